The zero-order chi connectivity index (χ0) is 11.5. The van der Waals surface area contributed by atoms with Crippen molar-refractivity contribution in [2.45, 2.75) is 13.5 Å². The number of nitrogen functional groups attached to an aromatic ring is 1. The normalized spacial score (nSPS) is 16.1. The molecule has 1 heterocycles. The Morgan fingerprint density at radius 3 is 3.00 bits per heavy atom. The van der Waals surface area contributed by atoms with Crippen molar-refractivity contribution in [3.63, 3.8) is 0 Å². The van der Waals surface area contributed by atoms with Gasteiger partial charge in [-0.05, 0) is 24.2 Å². The lowest BCUT2D eigenvalue weighted by Gasteiger charge is -2.17. The van der Waals surface area contributed by atoms with Crippen LogP contribution in [0.2, 0.25) is 0 Å². The van der Waals surface area contributed by atoms with Gasteiger partial charge in [0, 0.05) is 25.3 Å². The fourth-order valence-electron chi connectivity index (χ4n) is 2.05. The first kappa shape index (κ1) is 11.1. The molecule has 0 saturated carbocycles. The Balaban J connectivity index is 2.35. The van der Waals surface area contributed by atoms with Gasteiger partial charge in [0.1, 0.15) is 5.75 Å². The fraction of sp³-hybridized carbons (Fsp3) is 0.500. The zero-order valence-corrected chi connectivity index (χ0v) is 9.92. The molecule has 0 aliphatic carbocycles. The monoisotopic (exact) mass is 221 g/mol. The zero-order valence-electron chi connectivity index (χ0n) is 9.92. The first-order chi connectivity index (χ1) is 7.74. The van der Waals surface area contributed by atoms with Crippen molar-refractivity contribution >= 4 is 11.4 Å². The minimum absolute atomic E-state index is 0.693. The maximum atomic E-state index is 5.89. The topological polar surface area (TPSA) is 50.5 Å². The number of benzene rings is 1. The summed E-state index contributed by atoms with van der Waals surface area (Å²) in [6.45, 7) is 6.23. The maximum Gasteiger partial charge on any atom is 0.142 e. The van der Waals surface area contributed by atoms with Gasteiger partial charge in [0.2, 0.25) is 0 Å². The molecule has 0 saturated heterocycles. The molecule has 16 heavy (non-hydrogen) atoms. The summed E-state index contributed by atoms with van der Waals surface area (Å²) in [7, 11) is 1.65. The predicted octanol–water partition coefficient (Wildman–Crippen LogP) is 1.52. The summed E-state index contributed by atoms with van der Waals surface area (Å²) in [4.78, 5) is 2.40. The van der Waals surface area contributed by atoms with Crippen LogP contribution in [0.15, 0.2) is 12.1 Å². The third-order valence-electron chi connectivity index (χ3n) is 3.04. The second-order valence-electron chi connectivity index (χ2n) is 4.05. The molecule has 0 fully saturated rings. The van der Waals surface area contributed by atoms with Gasteiger partial charge in [-0.25, -0.2) is 0 Å². The molecule has 3 N–H and O–H groups in total. The number of hydrogen-bond donors (Lipinski definition) is 2. The predicted molar refractivity (Wildman–Crippen MR) is 66.8 cm³/mol. The van der Waals surface area contributed by atoms with Gasteiger partial charge in [-0.3, -0.25) is 4.90 Å². The first-order valence-corrected chi connectivity index (χ1v) is 5.67. The van der Waals surface area contributed by atoms with Crippen LogP contribution in [-0.2, 0) is 6.54 Å². The largest absolute Gasteiger partial charge is 0.495 e. The van der Waals surface area contributed by atoms with Gasteiger partial charge < -0.3 is 15.8 Å². The van der Waals surface area contributed by atoms with Crippen molar-refractivity contribution in [3.05, 3.63) is 17.7 Å². The van der Waals surface area contributed by atoms with E-state index in [0.717, 1.165) is 37.6 Å². The third-order valence-corrected chi connectivity index (χ3v) is 3.04. The van der Waals surface area contributed by atoms with Gasteiger partial charge in [-0.1, -0.05) is 6.92 Å². The summed E-state index contributed by atoms with van der Waals surface area (Å²) >= 11 is 0. The Morgan fingerprint density at radius 1 is 1.50 bits per heavy atom. The van der Waals surface area contributed by atoms with Crippen molar-refractivity contribution < 1.29 is 4.74 Å². The van der Waals surface area contributed by atoms with E-state index < -0.39 is 0 Å². The first-order valence-electron chi connectivity index (χ1n) is 5.67. The van der Waals surface area contributed by atoms with Crippen LogP contribution in [0.4, 0.5) is 11.4 Å². The Morgan fingerprint density at radius 2 is 2.31 bits per heavy atom. The van der Waals surface area contributed by atoms with Crippen LogP contribution in [-0.4, -0.2) is 31.6 Å². The Hall–Kier alpha value is -1.42. The molecule has 0 bridgehead atoms. The quantitative estimate of drug-likeness (QED) is 0.744. The maximum absolute atomic E-state index is 5.89. The highest BCUT2D eigenvalue weighted by molar-refractivity contribution is 5.66. The summed E-state index contributed by atoms with van der Waals surface area (Å²) in [6, 6.07) is 4.00. The third kappa shape index (κ3) is 2.07. The number of nitrogens with zero attached hydrogens (tertiary/aromatic N) is 1. The number of likely N-dealkylation sites (N-methyl/N-ethyl adjacent to an activating group) is 1. The van der Waals surface area contributed by atoms with Crippen LogP contribution >= 0.6 is 0 Å². The molecule has 0 spiro atoms. The number of rotatable bonds is 2. The molecule has 4 nitrogen and oxygen atoms in total. The number of methoxy groups -OCH3 is 1. The van der Waals surface area contributed by atoms with Crippen LogP contribution < -0.4 is 15.8 Å². The van der Waals surface area contributed by atoms with Crippen molar-refractivity contribution in [1.29, 1.82) is 0 Å². The minimum atomic E-state index is 0.693. The summed E-state index contributed by atoms with van der Waals surface area (Å²) in [6.07, 6.45) is 0. The smallest absolute Gasteiger partial charge is 0.142 e. The van der Waals surface area contributed by atoms with Crippen LogP contribution in [0.5, 0.6) is 5.75 Å². The average molecular weight is 221 g/mol. The number of anilines is 2. The van der Waals surface area contributed by atoms with Crippen LogP contribution in [0.1, 0.15) is 12.5 Å². The fourth-order valence-corrected chi connectivity index (χ4v) is 2.05. The minimum Gasteiger partial charge on any atom is -0.495 e. The van der Waals surface area contributed by atoms with Gasteiger partial charge in [-0.2, -0.15) is 0 Å². The molecule has 2 rings (SSSR count). The number of fused-ring (bicyclic) bond motifs is 1. The van der Waals surface area contributed by atoms with Crippen LogP contribution in [0, 0.1) is 0 Å². The second kappa shape index (κ2) is 4.61. The van der Waals surface area contributed by atoms with E-state index in [1.807, 2.05) is 12.1 Å². The van der Waals surface area contributed by atoms with E-state index in [4.69, 9.17) is 10.5 Å². The summed E-state index contributed by atoms with van der Waals surface area (Å²) < 4.78 is 5.25. The number of nitrogens with two attached hydrogens (primary N) is 1. The van der Waals surface area contributed by atoms with Gasteiger partial charge >= 0.3 is 0 Å². The van der Waals surface area contributed by atoms with Crippen molar-refractivity contribution in [1.82, 2.24) is 4.90 Å². The van der Waals surface area contributed by atoms with E-state index in [1.54, 1.807) is 7.11 Å². The highest BCUT2D eigenvalue weighted by atomic mass is 16.5. The SMILES string of the molecule is CCN1CCNc2cc(N)c(OC)cc2C1. The Kier molecular flexibility index (Phi) is 3.19. The summed E-state index contributed by atoms with van der Waals surface area (Å²) in [5.41, 5.74) is 8.98. The molecular formula is C12H19N3O. The van der Waals surface area contributed by atoms with E-state index in [0.29, 0.717) is 5.69 Å². The van der Waals surface area contributed by atoms with E-state index in [2.05, 4.69) is 17.1 Å². The highest BCUT2D eigenvalue weighted by Gasteiger charge is 2.14. The van der Waals surface area contributed by atoms with Crippen molar-refractivity contribution in [2.24, 2.45) is 0 Å². The molecule has 1 aliphatic rings. The molecule has 0 aromatic heterocycles. The standard InChI is InChI=1S/C12H19N3O/c1-3-15-5-4-14-11-7-10(13)12(16-2)6-9(11)8-15/h6-7,14H,3-5,8,13H2,1-2H3. The van der Waals surface area contributed by atoms with Gasteiger partial charge in [0.25, 0.3) is 0 Å². The summed E-state index contributed by atoms with van der Waals surface area (Å²) in [5.74, 6) is 0.763. The second-order valence-corrected chi connectivity index (χ2v) is 4.05. The van der Waals surface area contributed by atoms with E-state index in [1.165, 1.54) is 5.56 Å². The van der Waals surface area contributed by atoms with E-state index in [-0.39, 0.29) is 0 Å². The summed E-state index contributed by atoms with van der Waals surface area (Å²) in [5, 5.41) is 3.40. The van der Waals surface area contributed by atoms with Gasteiger partial charge in [-0.15, -0.1) is 0 Å². The molecule has 1 aromatic carbocycles. The lowest BCUT2D eigenvalue weighted by Crippen LogP contribution is -2.25. The molecule has 0 atom stereocenters. The average Bonchev–Trinajstić information content (AvgIpc) is 2.49. The van der Waals surface area contributed by atoms with Crippen molar-refractivity contribution in [2.75, 3.05) is 37.8 Å². The van der Waals surface area contributed by atoms with Gasteiger partial charge in [0.05, 0.1) is 12.8 Å². The lowest BCUT2D eigenvalue weighted by atomic mass is 10.1. The molecule has 88 valence electrons. The molecular weight excluding hydrogens is 202 g/mol. The molecule has 1 aromatic rings. The Bertz CT molecular complexity index is 379. The lowest BCUT2D eigenvalue weighted by molar-refractivity contribution is 0.296. The molecule has 0 amide bonds. The number of ether oxygens (including phenoxy) is 1. The molecule has 0 radical (unpaired) electrons. The molecule has 4 heteroatoms. The highest BCUT2D eigenvalue weighted by Crippen LogP contribution is 2.30. The van der Waals surface area contributed by atoms with Crippen molar-refractivity contribution in [3.8, 4) is 5.75 Å². The number of nitrogens with one attached hydrogen (secondary N) is 1. The van der Waals surface area contributed by atoms with E-state index in [9.17, 15) is 0 Å². The molecule has 1 aliphatic heterocycles. The van der Waals surface area contributed by atoms with Crippen LogP contribution in [0.25, 0.3) is 0 Å². The molecule has 0 unspecified atom stereocenters. The van der Waals surface area contributed by atoms with E-state index >= 15 is 0 Å². The van der Waals surface area contributed by atoms with Gasteiger partial charge in [0.15, 0.2) is 0 Å². The number of hydrogen-bond acceptors (Lipinski definition) is 4. The Labute approximate surface area is 96.4 Å². The van der Waals surface area contributed by atoms with Crippen LogP contribution in [0.3, 0.4) is 0 Å².